The zero-order chi connectivity index (χ0) is 17.7. The number of aliphatic hydroxyl groups excluding tert-OH is 1. The van der Waals surface area contributed by atoms with E-state index in [9.17, 15) is 20.0 Å². The summed E-state index contributed by atoms with van der Waals surface area (Å²) in [6.45, 7) is -0.242. The molecule has 0 unspecified atom stereocenters. The van der Waals surface area contributed by atoms with Crippen LogP contribution in [0.1, 0.15) is 21.6 Å². The molecular weight excluding hydrogens is 384 g/mol. The van der Waals surface area contributed by atoms with E-state index in [1.807, 2.05) is 0 Å². The summed E-state index contributed by atoms with van der Waals surface area (Å²) >= 11 is 2.94. The van der Waals surface area contributed by atoms with E-state index in [1.165, 1.54) is 18.3 Å². The number of hydrazone groups is 1. The number of carbonyl (C=O) groups excluding carboxylic acids is 1. The maximum absolute atomic E-state index is 11.9. The number of hydrogen-bond donors (Lipinski definition) is 2. The summed E-state index contributed by atoms with van der Waals surface area (Å²) < 4.78 is 0.0215. The Kier molecular flexibility index (Phi) is 5.55. The number of carbonyl (C=O) groups is 1. The fraction of sp³-hybridized carbons (Fsp3) is 0.0714. The van der Waals surface area contributed by atoms with Crippen molar-refractivity contribution >= 4 is 33.7 Å². The van der Waals surface area contributed by atoms with E-state index in [4.69, 9.17) is 5.11 Å². The zero-order valence-electron chi connectivity index (χ0n) is 12.0. The van der Waals surface area contributed by atoms with Crippen LogP contribution in [0.2, 0.25) is 0 Å². The number of rotatable bonds is 5. The normalized spacial score (nSPS) is 10.8. The molecule has 0 atom stereocenters. The van der Waals surface area contributed by atoms with E-state index in [-0.39, 0.29) is 27.9 Å². The summed E-state index contributed by atoms with van der Waals surface area (Å²) in [5.74, 6) is -1.08. The molecule has 0 radical (unpaired) electrons. The van der Waals surface area contributed by atoms with Gasteiger partial charge in [-0.05, 0) is 17.7 Å². The third kappa shape index (κ3) is 4.12. The molecule has 2 aromatic rings. The summed E-state index contributed by atoms with van der Waals surface area (Å²) in [6.07, 6.45) is 2.28. The van der Waals surface area contributed by atoms with Crippen molar-refractivity contribution in [2.75, 3.05) is 0 Å². The Morgan fingerprint density at radius 3 is 2.79 bits per heavy atom. The number of nitro benzene ring substituents is 1. The van der Waals surface area contributed by atoms with Gasteiger partial charge in [0.25, 0.3) is 11.6 Å². The van der Waals surface area contributed by atoms with Gasteiger partial charge in [-0.3, -0.25) is 19.9 Å². The molecule has 1 aromatic heterocycles. The highest BCUT2D eigenvalue weighted by Crippen LogP contribution is 2.29. The third-order valence-corrected chi connectivity index (χ3v) is 3.48. The van der Waals surface area contributed by atoms with Crippen LogP contribution in [0.15, 0.2) is 40.0 Å². The van der Waals surface area contributed by atoms with Gasteiger partial charge in [-0.25, -0.2) is 5.43 Å². The maximum Gasteiger partial charge on any atom is 0.272 e. The number of hydrogen-bond acceptors (Lipinski definition) is 7. The van der Waals surface area contributed by atoms with Gasteiger partial charge in [0, 0.05) is 22.8 Å². The van der Waals surface area contributed by atoms with Crippen LogP contribution in [0.25, 0.3) is 0 Å². The molecule has 0 saturated carbocycles. The number of nitrogens with one attached hydrogen (secondary N) is 1. The predicted octanol–water partition coefficient (Wildman–Crippen LogP) is 1.08. The zero-order valence-corrected chi connectivity index (χ0v) is 13.6. The Morgan fingerprint density at radius 2 is 2.21 bits per heavy atom. The molecule has 124 valence electrons. The minimum atomic E-state index is -0.644. The molecule has 2 N–H and O–H groups in total. The molecule has 0 bridgehead atoms. The van der Waals surface area contributed by atoms with Gasteiger partial charge in [0.2, 0.25) is 0 Å². The second-order valence-corrected chi connectivity index (χ2v) is 5.35. The molecule has 1 amide bonds. The Labute approximate surface area is 143 Å². The number of aliphatic hydroxyl groups is 1. The molecule has 9 nitrogen and oxygen atoms in total. The summed E-state index contributed by atoms with van der Waals surface area (Å²) in [5, 5.41) is 35.1. The van der Waals surface area contributed by atoms with Crippen LogP contribution in [0, 0.1) is 10.1 Å². The number of halogens is 1. The lowest BCUT2D eigenvalue weighted by molar-refractivity contribution is -0.385. The Morgan fingerprint density at radius 1 is 1.46 bits per heavy atom. The fourth-order valence-electron chi connectivity index (χ4n) is 1.68. The van der Waals surface area contributed by atoms with Gasteiger partial charge in [-0.1, -0.05) is 21.7 Å². The number of nitro groups is 1. The molecule has 0 spiro atoms. The highest BCUT2D eigenvalue weighted by Gasteiger charge is 2.10. The minimum Gasteiger partial charge on any atom is -0.871 e. The summed E-state index contributed by atoms with van der Waals surface area (Å²) in [5.41, 5.74) is 2.46. The second-order valence-electron chi connectivity index (χ2n) is 4.50. The van der Waals surface area contributed by atoms with Crippen molar-refractivity contribution in [2.24, 2.45) is 5.10 Å². The molecule has 0 aliphatic heterocycles. The Balaban J connectivity index is 2.13. The molecule has 1 heterocycles. The maximum atomic E-state index is 11.9. The lowest BCUT2D eigenvalue weighted by Gasteiger charge is -2.12. The highest BCUT2D eigenvalue weighted by atomic mass is 79.9. The molecule has 0 aliphatic rings. The minimum absolute atomic E-state index is 0.0215. The van der Waals surface area contributed by atoms with Gasteiger partial charge in [0.15, 0.2) is 0 Å². The summed E-state index contributed by atoms with van der Waals surface area (Å²) in [7, 11) is 0. The van der Waals surface area contributed by atoms with Gasteiger partial charge in [-0.2, -0.15) is 5.10 Å². The molecule has 1 aromatic carbocycles. The van der Waals surface area contributed by atoms with Crippen molar-refractivity contribution in [3.63, 3.8) is 0 Å². The molecule has 10 heteroatoms. The average Bonchev–Trinajstić information content (AvgIpc) is 2.58. The van der Waals surface area contributed by atoms with E-state index in [0.717, 1.165) is 18.3 Å². The summed E-state index contributed by atoms with van der Waals surface area (Å²) in [4.78, 5) is 25.8. The molecule has 2 rings (SSSR count). The smallest absolute Gasteiger partial charge is 0.272 e. The van der Waals surface area contributed by atoms with E-state index in [0.29, 0.717) is 5.69 Å². The van der Waals surface area contributed by atoms with Crippen LogP contribution in [0.5, 0.6) is 5.75 Å². The van der Waals surface area contributed by atoms with Gasteiger partial charge in [0.05, 0.1) is 29.0 Å². The van der Waals surface area contributed by atoms with E-state index < -0.39 is 16.6 Å². The van der Waals surface area contributed by atoms with Crippen molar-refractivity contribution in [1.82, 2.24) is 10.4 Å². The van der Waals surface area contributed by atoms with E-state index >= 15 is 0 Å². The van der Waals surface area contributed by atoms with Crippen molar-refractivity contribution in [3.8, 4) is 5.75 Å². The monoisotopic (exact) mass is 393 g/mol. The molecule has 0 fully saturated rings. The lowest BCUT2D eigenvalue weighted by Crippen LogP contribution is -2.18. The molecule has 24 heavy (non-hydrogen) atoms. The SMILES string of the molecule is O=C(N/N=C\c1cc([N+](=O)[O-])cc(Br)c1[O-])c1ccc(CO)nc1. The van der Waals surface area contributed by atoms with Crippen LogP contribution in [0.3, 0.4) is 0 Å². The van der Waals surface area contributed by atoms with Crippen molar-refractivity contribution < 1.29 is 19.9 Å². The highest BCUT2D eigenvalue weighted by molar-refractivity contribution is 9.10. The molecular formula is C14H10BrN4O5-. The number of non-ortho nitro benzene ring substituents is 1. The van der Waals surface area contributed by atoms with Crippen molar-refractivity contribution in [1.29, 1.82) is 0 Å². The Bertz CT molecular complexity index is 808. The first kappa shape index (κ1) is 17.5. The van der Waals surface area contributed by atoms with Crippen LogP contribution < -0.4 is 10.5 Å². The number of nitrogens with zero attached hydrogens (tertiary/aromatic N) is 3. The predicted molar refractivity (Wildman–Crippen MR) is 85.5 cm³/mol. The standard InChI is InChI=1S/C14H11BrN4O5/c15-12-4-11(19(23)24)3-9(13(12)21)6-17-18-14(22)8-1-2-10(7-20)16-5-8/h1-6,20-21H,7H2,(H,18,22)/p-1/b17-6-. The molecule has 0 saturated heterocycles. The van der Waals surface area contributed by atoms with Crippen LogP contribution in [0.4, 0.5) is 5.69 Å². The quantitative estimate of drug-likeness (QED) is 0.442. The van der Waals surface area contributed by atoms with E-state index in [2.05, 4.69) is 31.4 Å². The van der Waals surface area contributed by atoms with Crippen LogP contribution in [-0.4, -0.2) is 27.1 Å². The lowest BCUT2D eigenvalue weighted by atomic mass is 10.2. The summed E-state index contributed by atoms with van der Waals surface area (Å²) in [6, 6.07) is 5.07. The first-order valence-corrected chi connectivity index (χ1v) is 7.26. The van der Waals surface area contributed by atoms with Crippen molar-refractivity contribution in [2.45, 2.75) is 6.61 Å². The number of amides is 1. The second kappa shape index (κ2) is 7.62. The van der Waals surface area contributed by atoms with Gasteiger partial charge < -0.3 is 10.2 Å². The topological polar surface area (TPSA) is 141 Å². The number of aromatic nitrogens is 1. The average molecular weight is 394 g/mol. The van der Waals surface area contributed by atoms with Gasteiger partial charge >= 0.3 is 0 Å². The van der Waals surface area contributed by atoms with Gasteiger partial charge in [0.1, 0.15) is 0 Å². The third-order valence-electron chi connectivity index (χ3n) is 2.89. The van der Waals surface area contributed by atoms with Crippen LogP contribution in [-0.2, 0) is 6.61 Å². The Hall–Kier alpha value is -2.85. The number of pyridine rings is 1. The van der Waals surface area contributed by atoms with Gasteiger partial charge in [-0.15, -0.1) is 0 Å². The molecule has 0 aliphatic carbocycles. The first-order chi connectivity index (χ1) is 11.4. The van der Waals surface area contributed by atoms with Crippen molar-refractivity contribution in [3.05, 3.63) is 61.9 Å². The first-order valence-electron chi connectivity index (χ1n) is 6.46. The largest absolute Gasteiger partial charge is 0.871 e. The van der Waals surface area contributed by atoms with E-state index in [1.54, 1.807) is 0 Å². The van der Waals surface area contributed by atoms with Crippen LogP contribution >= 0.6 is 15.9 Å². The fourth-order valence-corrected chi connectivity index (χ4v) is 2.14. The number of benzene rings is 1.